The van der Waals surface area contributed by atoms with Gasteiger partial charge in [0.05, 0.1) is 34.5 Å². The Morgan fingerprint density at radius 3 is 2.47 bits per heavy atom. The maximum atomic E-state index is 13.4. The molecule has 12 nitrogen and oxygen atoms in total. The van der Waals surface area contributed by atoms with Gasteiger partial charge >= 0.3 is 5.97 Å². The van der Waals surface area contributed by atoms with E-state index in [1.165, 1.54) is 20.8 Å². The summed E-state index contributed by atoms with van der Waals surface area (Å²) in [5.74, 6) is -1.49. The lowest BCUT2D eigenvalue weighted by atomic mass is 9.99. The van der Waals surface area contributed by atoms with E-state index in [-0.39, 0.29) is 19.0 Å². The number of hydrogen-bond donors (Lipinski definition) is 3. The van der Waals surface area contributed by atoms with Gasteiger partial charge in [-0.15, -0.1) is 0 Å². The van der Waals surface area contributed by atoms with E-state index in [4.69, 9.17) is 24.2 Å². The summed E-state index contributed by atoms with van der Waals surface area (Å²) in [6.45, 7) is 13.8. The molecule has 4 rings (SSSR count). The Labute approximate surface area is 251 Å². The number of Topliss-reactive ketones (excluding diaryl/α,β-unsaturated/α-hetero) is 1. The van der Waals surface area contributed by atoms with Gasteiger partial charge in [0.2, 0.25) is 5.78 Å². The molecule has 1 fully saturated rings. The summed E-state index contributed by atoms with van der Waals surface area (Å²) in [7, 11) is 0. The second-order valence-electron chi connectivity index (χ2n) is 12.8. The van der Waals surface area contributed by atoms with Crippen LogP contribution < -0.4 is 15.9 Å². The summed E-state index contributed by atoms with van der Waals surface area (Å²) in [5, 5.41) is 24.8. The molecule has 0 aromatic carbocycles. The van der Waals surface area contributed by atoms with Crippen LogP contribution in [0.5, 0.6) is 0 Å². The molecule has 0 spiro atoms. The number of carbonyl (C=O) groups is 3. The molecule has 2 aliphatic rings. The van der Waals surface area contributed by atoms with Crippen molar-refractivity contribution in [3.8, 4) is 0 Å². The average molecular weight is 601 g/mol. The highest BCUT2D eigenvalue weighted by Gasteiger charge is 2.59. The van der Waals surface area contributed by atoms with E-state index in [2.05, 4.69) is 11.4 Å². The number of aromatic nitrogens is 3. The highest BCUT2D eigenvalue weighted by atomic mass is 16.6. The molecule has 236 valence electrons. The number of hydrogen-bond acceptors (Lipinski definition) is 10. The molecular formula is C31H44N4O8. The molecule has 0 aliphatic heterocycles. The number of anilines is 1. The van der Waals surface area contributed by atoms with Crippen molar-refractivity contribution in [3.05, 3.63) is 16.4 Å². The minimum atomic E-state index is -1.49. The molecular weight excluding hydrogens is 556 g/mol. The molecule has 2 aromatic rings. The number of amides is 1. The molecule has 12 heteroatoms. The average Bonchev–Trinajstić information content (AvgIpc) is 3.45. The van der Waals surface area contributed by atoms with Gasteiger partial charge in [-0.1, -0.05) is 12.2 Å². The third-order valence-electron chi connectivity index (χ3n) is 7.72. The number of aliphatic hydroxyl groups is 2. The van der Waals surface area contributed by atoms with Gasteiger partial charge < -0.3 is 34.3 Å². The number of ketones is 1. The highest BCUT2D eigenvalue weighted by Crippen LogP contribution is 2.48. The lowest BCUT2D eigenvalue weighted by Gasteiger charge is -2.26. The second kappa shape index (κ2) is 12.1. The van der Waals surface area contributed by atoms with Crippen molar-refractivity contribution in [1.82, 2.24) is 14.5 Å². The van der Waals surface area contributed by atoms with Crippen molar-refractivity contribution < 1.29 is 38.8 Å². The van der Waals surface area contributed by atoms with E-state index >= 15 is 0 Å². The number of pyridine rings is 1. The van der Waals surface area contributed by atoms with Crippen molar-refractivity contribution in [2.45, 2.75) is 117 Å². The predicted octanol–water partition coefficient (Wildman–Crippen LogP) is 1.49. The van der Waals surface area contributed by atoms with E-state index in [0.29, 0.717) is 29.7 Å². The molecule has 4 unspecified atom stereocenters. The summed E-state index contributed by atoms with van der Waals surface area (Å²) >= 11 is 0. The Hall–Kier alpha value is -3.19. The molecule has 43 heavy (non-hydrogen) atoms. The Morgan fingerprint density at radius 2 is 1.84 bits per heavy atom. The summed E-state index contributed by atoms with van der Waals surface area (Å²) in [6, 6.07) is 0. The fraction of sp³-hybridized carbons (Fsp3) is 0.645. The smallest absolute Gasteiger partial charge is 0.312 e. The van der Waals surface area contributed by atoms with Crippen molar-refractivity contribution in [2.75, 3.05) is 11.9 Å². The fourth-order valence-electron chi connectivity index (χ4n) is 5.41. The molecule has 2 heterocycles. The topological polar surface area (TPSA) is 162 Å². The zero-order chi connectivity index (χ0) is 31.9. The van der Waals surface area contributed by atoms with Gasteiger partial charge in [-0.05, 0) is 74.7 Å². The number of fused-ring (bicyclic) bond motifs is 3. The normalized spacial score (nSPS) is 21.3. The van der Waals surface area contributed by atoms with Crippen LogP contribution in [0.3, 0.4) is 0 Å². The van der Waals surface area contributed by atoms with Crippen LogP contribution in [0.25, 0.3) is 23.2 Å². The van der Waals surface area contributed by atoms with Crippen LogP contribution in [0.2, 0.25) is 0 Å². The monoisotopic (exact) mass is 600 g/mol. The van der Waals surface area contributed by atoms with E-state index in [1.807, 2.05) is 17.6 Å². The number of aliphatic hydroxyl groups excluding tert-OH is 1. The first-order valence-corrected chi connectivity index (χ1v) is 14.8. The van der Waals surface area contributed by atoms with E-state index in [9.17, 15) is 24.6 Å². The molecule has 2 aliphatic carbocycles. The molecule has 4 atom stereocenters. The Balaban J connectivity index is 1.58. The third kappa shape index (κ3) is 7.14. The van der Waals surface area contributed by atoms with Gasteiger partial charge in [-0.3, -0.25) is 14.4 Å². The van der Waals surface area contributed by atoms with Crippen LogP contribution in [0.4, 0.5) is 5.82 Å². The first kappa shape index (κ1) is 32.7. The minimum absolute atomic E-state index is 0.224. The molecule has 1 saturated carbocycles. The summed E-state index contributed by atoms with van der Waals surface area (Å²) in [4.78, 5) is 48.0. The van der Waals surface area contributed by atoms with E-state index in [0.717, 1.165) is 23.6 Å². The van der Waals surface area contributed by atoms with Crippen LogP contribution in [-0.4, -0.2) is 78.0 Å². The molecule has 3 N–H and O–H groups in total. The van der Waals surface area contributed by atoms with E-state index < -0.39 is 52.6 Å². The molecule has 0 radical (unpaired) electrons. The quantitative estimate of drug-likeness (QED) is 0.287. The number of nitrogens with zero attached hydrogens (tertiary/aromatic N) is 3. The zero-order valence-corrected chi connectivity index (χ0v) is 26.3. The number of rotatable bonds is 13. The minimum Gasteiger partial charge on any atom is -0.451 e. The number of esters is 1. The van der Waals surface area contributed by atoms with Crippen molar-refractivity contribution in [2.24, 2.45) is 5.92 Å². The Morgan fingerprint density at radius 1 is 1.16 bits per heavy atom. The first-order chi connectivity index (χ1) is 20.0. The zero-order valence-electron chi connectivity index (χ0n) is 26.3. The largest absolute Gasteiger partial charge is 0.451 e. The number of ether oxygens (including phenoxy) is 3. The number of imidazole rings is 1. The van der Waals surface area contributed by atoms with Gasteiger partial charge in [-0.25, -0.2) is 9.97 Å². The second-order valence-corrected chi connectivity index (χ2v) is 12.8. The highest BCUT2D eigenvalue weighted by molar-refractivity contribution is 6.00. The summed E-state index contributed by atoms with van der Waals surface area (Å²) in [6.07, 6.45) is 3.83. The Kier molecular flexibility index (Phi) is 9.18. The van der Waals surface area contributed by atoms with Crippen molar-refractivity contribution in [3.63, 3.8) is 0 Å². The fourth-order valence-corrected chi connectivity index (χ4v) is 5.41. The summed E-state index contributed by atoms with van der Waals surface area (Å²) in [5.41, 5.74) is -2.25. The van der Waals surface area contributed by atoms with Gasteiger partial charge in [0.25, 0.3) is 5.91 Å². The van der Waals surface area contributed by atoms with Crippen LogP contribution in [-0.2, 0) is 41.7 Å². The lowest BCUT2D eigenvalue weighted by Crippen LogP contribution is -2.43. The molecule has 2 aromatic heterocycles. The van der Waals surface area contributed by atoms with Gasteiger partial charge in [0, 0.05) is 11.8 Å². The van der Waals surface area contributed by atoms with E-state index in [1.54, 1.807) is 27.7 Å². The molecule has 0 saturated heterocycles. The molecule has 0 bridgehead atoms. The van der Waals surface area contributed by atoms with Crippen LogP contribution in [0, 0.1) is 5.92 Å². The maximum Gasteiger partial charge on any atom is 0.312 e. The van der Waals surface area contributed by atoms with Crippen LogP contribution in [0.1, 0.15) is 80.5 Å². The van der Waals surface area contributed by atoms with Crippen LogP contribution in [0.15, 0.2) is 0 Å². The van der Waals surface area contributed by atoms with Gasteiger partial charge in [0.1, 0.15) is 30.2 Å². The third-order valence-corrected chi connectivity index (χ3v) is 7.72. The van der Waals surface area contributed by atoms with Crippen molar-refractivity contribution in [1.29, 1.82) is 0 Å². The maximum absolute atomic E-state index is 13.4. The van der Waals surface area contributed by atoms with Gasteiger partial charge in [-0.2, -0.15) is 0 Å². The van der Waals surface area contributed by atoms with Gasteiger partial charge in [0.15, 0.2) is 11.4 Å². The number of carbonyl (C=O) groups excluding carboxylic acids is 3. The molecule has 1 amide bonds. The summed E-state index contributed by atoms with van der Waals surface area (Å²) < 4.78 is 19.1. The number of nitrogens with one attached hydrogen (secondary N) is 1. The van der Waals surface area contributed by atoms with Crippen LogP contribution >= 0.6 is 0 Å². The predicted molar refractivity (Wildman–Crippen MR) is 159 cm³/mol. The standard InChI is InChI=1S/C31H44N4O8/c1-9-41-15-22-33-23-24(35(22)16-29(4,5)40)19-12-10-11-13-21(19)32-26(23)34-27(38)18(3)42-31(8)14-20(31)28(39)43-30(6,7)25(37)17(2)36/h12-13,17-18,20,36,40H,9-11,14-16H2,1-8H3,(H,32,34,38). The lowest BCUT2D eigenvalue weighted by molar-refractivity contribution is -0.170. The SMILES string of the molecule is CCOCc1nc2c(NC(=O)C(C)OC3(C)CC3C(=O)OC(C)(C)C(=O)C(C)O)nc3c(c2n1CC(C)(C)O)=CCCC=3. The first-order valence-electron chi connectivity index (χ1n) is 14.8. The van der Waals surface area contributed by atoms with Crippen molar-refractivity contribution >= 4 is 46.7 Å². The Bertz CT molecular complexity index is 1540.